The van der Waals surface area contributed by atoms with E-state index in [0.717, 1.165) is 11.1 Å². The molecule has 14 heteroatoms. The first kappa shape index (κ1) is 29.3. The molecule has 0 aliphatic carbocycles. The molecule has 220 valence electrons. The molecule has 3 heterocycles. The van der Waals surface area contributed by atoms with Crippen molar-refractivity contribution in [3.63, 3.8) is 0 Å². The van der Waals surface area contributed by atoms with Crippen molar-refractivity contribution in [1.29, 1.82) is 0 Å². The third-order valence-corrected chi connectivity index (χ3v) is 7.12. The highest BCUT2D eigenvalue weighted by Crippen LogP contribution is 2.35. The molecule has 4 aromatic rings. The van der Waals surface area contributed by atoms with Gasteiger partial charge in [0.25, 0.3) is 5.60 Å². The summed E-state index contributed by atoms with van der Waals surface area (Å²) in [5.74, 6) is -2.79. The molecule has 5 rings (SSSR count). The summed E-state index contributed by atoms with van der Waals surface area (Å²) in [5.41, 5.74) is 5.85. The zero-order valence-electron chi connectivity index (χ0n) is 22.3. The molecule has 4 N–H and O–H groups in total. The molecule has 1 aliphatic rings. The van der Waals surface area contributed by atoms with E-state index in [1.807, 2.05) is 30.3 Å². The number of aliphatic hydroxyl groups is 1. The highest BCUT2D eigenvalue weighted by molar-refractivity contribution is 6.28. The minimum absolute atomic E-state index is 0.0323. The molecule has 2 aromatic carbocycles. The third kappa shape index (κ3) is 5.51. The van der Waals surface area contributed by atoms with Crippen molar-refractivity contribution in [1.82, 2.24) is 19.5 Å². The van der Waals surface area contributed by atoms with Gasteiger partial charge in [-0.1, -0.05) is 54.6 Å². The van der Waals surface area contributed by atoms with Crippen molar-refractivity contribution < 1.29 is 38.4 Å². The SMILES string of the molecule is CCOC(=O)[C@@](Cc1ccc(-c2ccccc2)cc1)(OC[C@H]1O[C@@H](n2cnc3c(N)nc(Cl)nc32)[C@@H](F)[C@@H]1O)C(=O)O. The standard InChI is InChI=1S/C28H27ClFN5O7/c1-2-40-26(39)28(25(37)38,12-15-8-10-17(11-9-15)16-6-4-3-5-7-16)41-13-18-21(36)19(30)24(42-18)35-14-32-20-22(31)33-27(29)34-23(20)35/h3-11,14,18-19,21,24,36H,2,12-13H2,1H3,(H,37,38)(H2,31,33,34)/t18-,19+,21-,24-,28+/m1/s1. The summed E-state index contributed by atoms with van der Waals surface area (Å²) < 4.78 is 33.0. The average molecular weight is 600 g/mol. The quantitative estimate of drug-likeness (QED) is 0.139. The van der Waals surface area contributed by atoms with E-state index in [-0.39, 0.29) is 28.9 Å². The lowest BCUT2D eigenvalue weighted by molar-refractivity contribution is -0.193. The van der Waals surface area contributed by atoms with Crippen molar-refractivity contribution in [3.05, 3.63) is 71.8 Å². The Morgan fingerprint density at radius 1 is 1.14 bits per heavy atom. The highest BCUT2D eigenvalue weighted by Gasteiger charge is 2.52. The Labute approximate surface area is 243 Å². The van der Waals surface area contributed by atoms with Crippen LogP contribution in [-0.4, -0.2) is 78.9 Å². The number of carboxylic acid groups (broad SMARTS) is 1. The molecule has 0 saturated carbocycles. The molecule has 1 aliphatic heterocycles. The topological polar surface area (TPSA) is 172 Å². The van der Waals surface area contributed by atoms with Crippen LogP contribution >= 0.6 is 11.6 Å². The van der Waals surface area contributed by atoms with E-state index in [4.69, 9.17) is 31.5 Å². The molecular weight excluding hydrogens is 573 g/mol. The molecule has 42 heavy (non-hydrogen) atoms. The van der Waals surface area contributed by atoms with Crippen LogP contribution in [-0.2, 0) is 30.2 Å². The highest BCUT2D eigenvalue weighted by atomic mass is 35.5. The number of alkyl halides is 1. The fourth-order valence-electron chi connectivity index (χ4n) is 4.77. The van der Waals surface area contributed by atoms with Gasteiger partial charge in [-0.15, -0.1) is 0 Å². The summed E-state index contributed by atoms with van der Waals surface area (Å²) >= 11 is 5.90. The van der Waals surface area contributed by atoms with Gasteiger partial charge in [-0.05, 0) is 35.2 Å². The molecule has 0 bridgehead atoms. The van der Waals surface area contributed by atoms with Crippen LogP contribution < -0.4 is 5.73 Å². The van der Waals surface area contributed by atoms with Crippen molar-refractivity contribution >= 4 is 40.5 Å². The van der Waals surface area contributed by atoms with E-state index in [1.165, 1.54) is 17.8 Å². The molecule has 12 nitrogen and oxygen atoms in total. The van der Waals surface area contributed by atoms with E-state index >= 15 is 4.39 Å². The second kappa shape index (κ2) is 12.0. The normalized spacial score (nSPS) is 21.7. The number of aromatic nitrogens is 4. The lowest BCUT2D eigenvalue weighted by atomic mass is 9.92. The third-order valence-electron chi connectivity index (χ3n) is 6.95. The predicted molar refractivity (Wildman–Crippen MR) is 148 cm³/mol. The number of aliphatic carboxylic acids is 1. The van der Waals surface area contributed by atoms with Crippen LogP contribution in [0.1, 0.15) is 18.7 Å². The van der Waals surface area contributed by atoms with Gasteiger partial charge in [0, 0.05) is 6.42 Å². The summed E-state index contributed by atoms with van der Waals surface area (Å²) in [4.78, 5) is 37.5. The molecule has 1 fully saturated rings. The maximum atomic E-state index is 15.3. The number of hydrogen-bond acceptors (Lipinski definition) is 10. The maximum absolute atomic E-state index is 15.3. The minimum atomic E-state index is -2.51. The summed E-state index contributed by atoms with van der Waals surface area (Å²) in [6.07, 6.45) is -5.75. The summed E-state index contributed by atoms with van der Waals surface area (Å²) in [6, 6.07) is 16.5. The van der Waals surface area contributed by atoms with E-state index in [9.17, 15) is 19.8 Å². The Hall–Kier alpha value is -4.17. The van der Waals surface area contributed by atoms with Crippen molar-refractivity contribution in [3.8, 4) is 11.1 Å². The minimum Gasteiger partial charge on any atom is -0.479 e. The zero-order chi connectivity index (χ0) is 30.0. The van der Waals surface area contributed by atoms with Gasteiger partial charge < -0.3 is 30.2 Å². The Kier molecular flexibility index (Phi) is 8.36. The van der Waals surface area contributed by atoms with Crippen molar-refractivity contribution in [2.45, 2.75) is 43.6 Å². The lowest BCUT2D eigenvalue weighted by Gasteiger charge is -2.29. The molecule has 1 saturated heterocycles. The number of halogens is 2. The monoisotopic (exact) mass is 599 g/mol. The van der Waals surface area contributed by atoms with Crippen molar-refractivity contribution in [2.75, 3.05) is 18.9 Å². The number of rotatable bonds is 10. The van der Waals surface area contributed by atoms with Gasteiger partial charge in [0.2, 0.25) is 5.28 Å². The molecule has 0 unspecified atom stereocenters. The maximum Gasteiger partial charge on any atom is 0.350 e. The average Bonchev–Trinajstić information content (AvgIpc) is 3.52. The second-order valence-corrected chi connectivity index (χ2v) is 9.94. The molecule has 0 radical (unpaired) electrons. The first-order valence-electron chi connectivity index (χ1n) is 13.0. The van der Waals surface area contributed by atoms with Gasteiger partial charge in [-0.3, -0.25) is 4.57 Å². The lowest BCUT2D eigenvalue weighted by Crippen LogP contribution is -2.53. The number of benzene rings is 2. The first-order chi connectivity index (χ1) is 20.1. The van der Waals surface area contributed by atoms with Crippen LogP contribution in [0, 0.1) is 0 Å². The van der Waals surface area contributed by atoms with Crippen LogP contribution in [0.4, 0.5) is 10.2 Å². The number of nitrogen functional groups attached to an aromatic ring is 1. The number of carbonyl (C=O) groups excluding carboxylic acids is 1. The van der Waals surface area contributed by atoms with Gasteiger partial charge in [0.05, 0.1) is 19.5 Å². The first-order valence-corrected chi connectivity index (χ1v) is 13.3. The van der Waals surface area contributed by atoms with Gasteiger partial charge in [0.1, 0.15) is 17.7 Å². The van der Waals surface area contributed by atoms with Gasteiger partial charge >= 0.3 is 11.9 Å². The molecule has 0 amide bonds. The van der Waals surface area contributed by atoms with E-state index < -0.39 is 55.2 Å². The van der Waals surface area contributed by atoms with Crippen LogP contribution in [0.15, 0.2) is 60.9 Å². The zero-order valence-corrected chi connectivity index (χ0v) is 23.0. The Balaban J connectivity index is 1.38. The van der Waals surface area contributed by atoms with Gasteiger partial charge in [-0.2, -0.15) is 9.97 Å². The van der Waals surface area contributed by atoms with Crippen LogP contribution in [0.2, 0.25) is 5.28 Å². The fraction of sp³-hybridized carbons (Fsp3) is 0.321. The Bertz CT molecular complexity index is 1590. The Morgan fingerprint density at radius 3 is 2.50 bits per heavy atom. The van der Waals surface area contributed by atoms with Crippen LogP contribution in [0.3, 0.4) is 0 Å². The number of carbonyl (C=O) groups is 2. The summed E-state index contributed by atoms with van der Waals surface area (Å²) in [7, 11) is 0. The summed E-state index contributed by atoms with van der Waals surface area (Å²) in [6.45, 7) is 0.762. The molecular formula is C28H27ClFN5O7. The number of esters is 1. The molecule has 5 atom stereocenters. The van der Waals surface area contributed by atoms with Crippen molar-refractivity contribution in [2.24, 2.45) is 0 Å². The van der Waals surface area contributed by atoms with Crippen LogP contribution in [0.5, 0.6) is 0 Å². The number of nitrogens with zero attached hydrogens (tertiary/aromatic N) is 4. The van der Waals surface area contributed by atoms with E-state index in [2.05, 4.69) is 15.0 Å². The predicted octanol–water partition coefficient (Wildman–Crippen LogP) is 2.97. The second-order valence-electron chi connectivity index (χ2n) is 9.61. The van der Waals surface area contributed by atoms with Gasteiger partial charge in [-0.25, -0.2) is 19.0 Å². The number of imidazole rings is 1. The number of ether oxygens (including phenoxy) is 3. The number of fused-ring (bicyclic) bond motifs is 1. The number of carboxylic acids is 1. The number of anilines is 1. The largest absolute Gasteiger partial charge is 0.479 e. The number of nitrogens with two attached hydrogens (primary N) is 1. The van der Waals surface area contributed by atoms with E-state index in [1.54, 1.807) is 24.3 Å². The molecule has 2 aromatic heterocycles. The Morgan fingerprint density at radius 2 is 1.83 bits per heavy atom. The smallest absolute Gasteiger partial charge is 0.350 e. The van der Waals surface area contributed by atoms with E-state index in [0.29, 0.717) is 5.56 Å². The van der Waals surface area contributed by atoms with Crippen LogP contribution in [0.25, 0.3) is 22.3 Å². The molecule has 0 spiro atoms. The van der Waals surface area contributed by atoms with Gasteiger partial charge in [0.15, 0.2) is 23.9 Å². The number of hydrogen-bond donors (Lipinski definition) is 3. The number of aliphatic hydroxyl groups excluding tert-OH is 1. The fourth-order valence-corrected chi connectivity index (χ4v) is 4.95. The summed E-state index contributed by atoms with van der Waals surface area (Å²) in [5, 5.41) is 20.7.